The largest absolute Gasteiger partial charge is 0.328 e. The van der Waals surface area contributed by atoms with Gasteiger partial charge in [0, 0.05) is 0 Å². The van der Waals surface area contributed by atoms with Crippen molar-refractivity contribution in [3.63, 3.8) is 0 Å². The quantitative estimate of drug-likeness (QED) is 0.411. The van der Waals surface area contributed by atoms with E-state index in [9.17, 15) is 0 Å². The Bertz CT molecular complexity index is 42.7. The third-order valence-electron chi connectivity index (χ3n) is 0.933. The molecular weight excluding hydrogens is 105 g/mol. The summed E-state index contributed by atoms with van der Waals surface area (Å²) in [5.41, 5.74) is 5.50. The first-order valence-electron chi connectivity index (χ1n) is 2.52. The first-order chi connectivity index (χ1) is 3.31. The minimum atomic E-state index is 0.317. The summed E-state index contributed by atoms with van der Waals surface area (Å²) >= 11 is 3.91. The van der Waals surface area contributed by atoms with Crippen LogP contribution in [-0.4, -0.2) is 12.6 Å². The molecule has 0 aliphatic heterocycles. The molecule has 0 heterocycles. The van der Waals surface area contributed by atoms with Crippen LogP contribution in [0.2, 0.25) is 6.32 Å². The van der Waals surface area contributed by atoms with Crippen LogP contribution in [0.3, 0.4) is 0 Å². The van der Waals surface area contributed by atoms with Gasteiger partial charge >= 0.3 is 0 Å². The molecule has 0 spiro atoms. The number of hydrogen-bond donors (Lipinski definition) is 2. The van der Waals surface area contributed by atoms with E-state index in [1.807, 2.05) is 0 Å². The van der Waals surface area contributed by atoms with Gasteiger partial charge < -0.3 is 5.73 Å². The van der Waals surface area contributed by atoms with Crippen LogP contribution in [0.25, 0.3) is 0 Å². The van der Waals surface area contributed by atoms with Gasteiger partial charge in [-0.15, -0.1) is 0 Å². The lowest BCUT2D eigenvalue weighted by molar-refractivity contribution is 0.713. The number of nitrogens with two attached hydrogens (primary N) is 1. The van der Waals surface area contributed by atoms with Gasteiger partial charge in [0.15, 0.2) is 6.56 Å². The van der Waals surface area contributed by atoms with Gasteiger partial charge in [-0.05, 0) is 12.5 Å². The molecule has 0 rings (SSSR count). The molecule has 0 bridgehead atoms. The molecule has 7 heavy (non-hydrogen) atoms. The third-order valence-corrected chi connectivity index (χ3v) is 1.14. The lowest BCUT2D eigenvalue weighted by Gasteiger charge is -2.02. The van der Waals surface area contributed by atoms with Crippen molar-refractivity contribution in [2.24, 2.45) is 5.73 Å². The second-order valence-corrected chi connectivity index (χ2v) is 1.95. The van der Waals surface area contributed by atoms with Gasteiger partial charge in [-0.2, -0.15) is 0 Å². The van der Waals surface area contributed by atoms with E-state index in [0.29, 0.717) is 6.04 Å². The van der Waals surface area contributed by atoms with Crippen LogP contribution in [0, 0.1) is 0 Å². The Morgan fingerprint density at radius 2 is 2.43 bits per heavy atom. The van der Waals surface area contributed by atoms with Crippen LogP contribution >= 0.6 is 12.5 Å². The van der Waals surface area contributed by atoms with Crippen molar-refractivity contribution in [1.82, 2.24) is 0 Å². The van der Waals surface area contributed by atoms with Crippen LogP contribution in [0.5, 0.6) is 0 Å². The molecule has 0 saturated carbocycles. The van der Waals surface area contributed by atoms with Crippen molar-refractivity contribution < 1.29 is 0 Å². The highest BCUT2D eigenvalue weighted by Gasteiger charge is 1.94. The summed E-state index contributed by atoms with van der Waals surface area (Å²) in [6, 6.07) is 0.317. The first kappa shape index (κ1) is 7.37. The summed E-state index contributed by atoms with van der Waals surface area (Å²) in [5.74, 6) is 0. The summed E-state index contributed by atoms with van der Waals surface area (Å²) < 4.78 is 0. The molecule has 0 aromatic carbocycles. The molecule has 41 valence electrons. The zero-order valence-corrected chi connectivity index (χ0v) is 5.49. The Labute approximate surface area is 51.2 Å². The second kappa shape index (κ2) is 4.53. The second-order valence-electron chi connectivity index (χ2n) is 1.59. The van der Waals surface area contributed by atoms with E-state index in [2.05, 4.69) is 19.4 Å². The first-order valence-corrected chi connectivity index (χ1v) is 3.04. The molecule has 1 radical (unpaired) electrons. The fourth-order valence-electron chi connectivity index (χ4n) is 0.302. The van der Waals surface area contributed by atoms with Crippen molar-refractivity contribution in [3.8, 4) is 0 Å². The van der Waals surface area contributed by atoms with Crippen molar-refractivity contribution in [2.45, 2.75) is 25.7 Å². The zero-order chi connectivity index (χ0) is 5.70. The van der Waals surface area contributed by atoms with Gasteiger partial charge in [0.2, 0.25) is 0 Å². The average Bonchev–Trinajstić information content (AvgIpc) is 1.68. The maximum absolute atomic E-state index is 5.50. The van der Waals surface area contributed by atoms with Crippen LogP contribution in [0.4, 0.5) is 0 Å². The maximum atomic E-state index is 5.50. The predicted molar refractivity (Wildman–Crippen MR) is 37.8 cm³/mol. The molecule has 0 aliphatic rings. The minimum absolute atomic E-state index is 0.317. The van der Waals surface area contributed by atoms with E-state index in [4.69, 9.17) is 5.73 Å². The SMILES string of the molecule is CC[C@@H](N)C[B]S. The molecule has 1 atom stereocenters. The molecule has 0 unspecified atom stereocenters. The maximum Gasteiger partial charge on any atom is 0.188 e. The predicted octanol–water partition coefficient (Wildman–Crippen LogP) is 0.691. The van der Waals surface area contributed by atoms with Gasteiger partial charge in [-0.25, -0.2) is 12.5 Å². The molecule has 0 fully saturated rings. The van der Waals surface area contributed by atoms with Crippen LogP contribution in [0.1, 0.15) is 13.3 Å². The van der Waals surface area contributed by atoms with E-state index in [-0.39, 0.29) is 0 Å². The molecule has 3 heteroatoms. The van der Waals surface area contributed by atoms with Crippen molar-refractivity contribution in [1.29, 1.82) is 0 Å². The van der Waals surface area contributed by atoms with Gasteiger partial charge in [0.25, 0.3) is 0 Å². The lowest BCUT2D eigenvalue weighted by atomic mass is 9.95. The average molecular weight is 116 g/mol. The van der Waals surface area contributed by atoms with E-state index in [0.717, 1.165) is 12.7 Å². The molecular formula is C4H11BNS. The highest BCUT2D eigenvalue weighted by molar-refractivity contribution is 8.06. The summed E-state index contributed by atoms with van der Waals surface area (Å²) in [5, 5.41) is 0. The Kier molecular flexibility index (Phi) is 4.77. The Morgan fingerprint density at radius 3 is 2.57 bits per heavy atom. The Hall–Kier alpha value is 0.375. The topological polar surface area (TPSA) is 26.0 Å². The number of thiol groups is 1. The van der Waals surface area contributed by atoms with E-state index in [1.165, 1.54) is 0 Å². The Balaban J connectivity index is 2.83. The van der Waals surface area contributed by atoms with E-state index >= 15 is 0 Å². The third kappa shape index (κ3) is 4.22. The molecule has 0 saturated heterocycles. The van der Waals surface area contributed by atoms with Crippen LogP contribution in [0.15, 0.2) is 0 Å². The van der Waals surface area contributed by atoms with E-state index in [1.54, 1.807) is 6.56 Å². The monoisotopic (exact) mass is 116 g/mol. The van der Waals surface area contributed by atoms with Crippen molar-refractivity contribution >= 4 is 19.0 Å². The molecule has 0 amide bonds. The lowest BCUT2D eigenvalue weighted by Crippen LogP contribution is -2.18. The Morgan fingerprint density at radius 1 is 1.86 bits per heavy atom. The molecule has 0 aromatic rings. The molecule has 0 aromatic heterocycles. The fourth-order valence-corrected chi connectivity index (χ4v) is 0.573. The fraction of sp³-hybridized carbons (Fsp3) is 1.00. The zero-order valence-electron chi connectivity index (χ0n) is 4.59. The van der Waals surface area contributed by atoms with Crippen LogP contribution in [-0.2, 0) is 0 Å². The minimum Gasteiger partial charge on any atom is -0.328 e. The smallest absolute Gasteiger partial charge is 0.188 e. The summed E-state index contributed by atoms with van der Waals surface area (Å²) in [7, 11) is 0. The van der Waals surface area contributed by atoms with Crippen molar-refractivity contribution in [2.75, 3.05) is 0 Å². The number of hydrogen-bond acceptors (Lipinski definition) is 2. The molecule has 1 nitrogen and oxygen atoms in total. The summed E-state index contributed by atoms with van der Waals surface area (Å²) in [4.78, 5) is 0. The molecule has 2 N–H and O–H groups in total. The molecule has 0 aliphatic carbocycles. The normalized spacial score (nSPS) is 13.6. The van der Waals surface area contributed by atoms with Gasteiger partial charge in [-0.3, -0.25) is 0 Å². The van der Waals surface area contributed by atoms with Crippen LogP contribution < -0.4 is 5.73 Å². The van der Waals surface area contributed by atoms with Crippen molar-refractivity contribution in [3.05, 3.63) is 0 Å². The highest BCUT2D eigenvalue weighted by atomic mass is 32.1. The highest BCUT2D eigenvalue weighted by Crippen LogP contribution is 1.92. The van der Waals surface area contributed by atoms with Gasteiger partial charge in [-0.1, -0.05) is 13.2 Å². The number of rotatable bonds is 3. The van der Waals surface area contributed by atoms with Gasteiger partial charge in [0.1, 0.15) is 0 Å². The standard InChI is InChI=1S/C4H11BNS/c1-2-4(6)3-5-7/h4,7H,2-3,6H2,1H3/t4-/m1/s1. The summed E-state index contributed by atoms with van der Waals surface area (Å²) in [6.45, 7) is 3.87. The summed E-state index contributed by atoms with van der Waals surface area (Å²) in [6.07, 6.45) is 1.96. The van der Waals surface area contributed by atoms with Gasteiger partial charge in [0.05, 0.1) is 0 Å². The van der Waals surface area contributed by atoms with E-state index < -0.39 is 0 Å².